The van der Waals surface area contributed by atoms with E-state index in [9.17, 15) is 0 Å². The maximum absolute atomic E-state index is 4.46. The van der Waals surface area contributed by atoms with Crippen molar-refractivity contribution in [3.63, 3.8) is 0 Å². The molecule has 90 valence electrons. The van der Waals surface area contributed by atoms with Crippen LogP contribution in [0.25, 0.3) is 11.0 Å². The number of benzene rings is 2. The smallest absolute Gasteiger partial charge is 0.0961 e. The van der Waals surface area contributed by atoms with Crippen LogP contribution in [0.5, 0.6) is 0 Å². The van der Waals surface area contributed by atoms with Gasteiger partial charge in [0, 0.05) is 6.54 Å². The van der Waals surface area contributed by atoms with E-state index in [0.717, 1.165) is 12.1 Å². The Bertz CT molecular complexity index is 678. The summed E-state index contributed by atoms with van der Waals surface area (Å²) in [5.41, 5.74) is 6.12. The van der Waals surface area contributed by atoms with Crippen LogP contribution in [0.1, 0.15) is 16.7 Å². The fourth-order valence-corrected chi connectivity index (χ4v) is 2.19. The number of hydrogen-bond donors (Lipinski definition) is 0. The summed E-state index contributed by atoms with van der Waals surface area (Å²) in [6, 6.07) is 15.1. The van der Waals surface area contributed by atoms with Gasteiger partial charge in [-0.1, -0.05) is 35.9 Å². The second-order valence-corrected chi connectivity index (χ2v) is 4.85. The first kappa shape index (κ1) is 11.0. The highest BCUT2D eigenvalue weighted by atomic mass is 15.0. The number of aromatic nitrogens is 2. The van der Waals surface area contributed by atoms with Gasteiger partial charge in [0.2, 0.25) is 0 Å². The van der Waals surface area contributed by atoms with Crippen molar-refractivity contribution in [2.45, 2.75) is 20.4 Å². The van der Waals surface area contributed by atoms with E-state index in [1.165, 1.54) is 22.2 Å². The molecule has 3 rings (SSSR count). The number of rotatable bonds is 2. The largest absolute Gasteiger partial charge is 0.326 e. The van der Waals surface area contributed by atoms with Gasteiger partial charge < -0.3 is 4.57 Å². The normalized spacial score (nSPS) is 11.0. The first-order chi connectivity index (χ1) is 8.72. The topological polar surface area (TPSA) is 17.8 Å². The van der Waals surface area contributed by atoms with E-state index in [1.807, 2.05) is 6.33 Å². The van der Waals surface area contributed by atoms with Gasteiger partial charge in [0.05, 0.1) is 17.4 Å². The Morgan fingerprint density at radius 2 is 1.67 bits per heavy atom. The highest BCUT2D eigenvalue weighted by Crippen LogP contribution is 2.16. The minimum atomic E-state index is 0.875. The van der Waals surface area contributed by atoms with Crippen LogP contribution >= 0.6 is 0 Å². The van der Waals surface area contributed by atoms with Crippen molar-refractivity contribution in [2.24, 2.45) is 0 Å². The second kappa shape index (κ2) is 4.30. The van der Waals surface area contributed by atoms with Crippen molar-refractivity contribution in [3.05, 3.63) is 65.5 Å². The van der Waals surface area contributed by atoms with Crippen LogP contribution in [-0.4, -0.2) is 9.55 Å². The Kier molecular flexibility index (Phi) is 2.63. The summed E-state index contributed by atoms with van der Waals surface area (Å²) in [5, 5.41) is 0. The standard InChI is InChI=1S/C16H16N2/c1-12-3-6-14(7-4-12)10-18-11-17-15-9-13(2)5-8-16(15)18/h3-9,11H,10H2,1-2H3. The van der Waals surface area contributed by atoms with Gasteiger partial charge in [0.1, 0.15) is 0 Å². The summed E-state index contributed by atoms with van der Waals surface area (Å²) >= 11 is 0. The van der Waals surface area contributed by atoms with E-state index in [4.69, 9.17) is 0 Å². The van der Waals surface area contributed by atoms with E-state index in [2.05, 4.69) is 65.9 Å². The van der Waals surface area contributed by atoms with Gasteiger partial charge in [0.25, 0.3) is 0 Å². The van der Waals surface area contributed by atoms with Gasteiger partial charge in [-0.2, -0.15) is 0 Å². The fourth-order valence-electron chi connectivity index (χ4n) is 2.19. The van der Waals surface area contributed by atoms with Gasteiger partial charge in [0.15, 0.2) is 0 Å². The summed E-state index contributed by atoms with van der Waals surface area (Å²) in [5.74, 6) is 0. The van der Waals surface area contributed by atoms with Gasteiger partial charge in [-0.3, -0.25) is 0 Å². The van der Waals surface area contributed by atoms with Gasteiger partial charge in [-0.15, -0.1) is 0 Å². The average molecular weight is 236 g/mol. The second-order valence-electron chi connectivity index (χ2n) is 4.85. The lowest BCUT2D eigenvalue weighted by atomic mass is 10.1. The predicted molar refractivity (Wildman–Crippen MR) is 74.8 cm³/mol. The molecule has 1 heterocycles. The molecule has 2 heteroatoms. The van der Waals surface area contributed by atoms with E-state index in [1.54, 1.807) is 0 Å². The lowest BCUT2D eigenvalue weighted by Gasteiger charge is -2.05. The summed E-state index contributed by atoms with van der Waals surface area (Å²) in [6.07, 6.45) is 1.92. The molecule has 3 aromatic rings. The minimum absolute atomic E-state index is 0.875. The highest BCUT2D eigenvalue weighted by Gasteiger charge is 2.03. The number of fused-ring (bicyclic) bond motifs is 1. The minimum Gasteiger partial charge on any atom is -0.326 e. The maximum Gasteiger partial charge on any atom is 0.0961 e. The Hall–Kier alpha value is -2.09. The zero-order valence-electron chi connectivity index (χ0n) is 10.7. The molecule has 0 saturated heterocycles. The lowest BCUT2D eigenvalue weighted by molar-refractivity contribution is 0.824. The van der Waals surface area contributed by atoms with E-state index < -0.39 is 0 Å². The number of imidazole rings is 1. The van der Waals surface area contributed by atoms with Gasteiger partial charge in [-0.25, -0.2) is 4.98 Å². The average Bonchev–Trinajstić information content (AvgIpc) is 2.74. The molecule has 1 aromatic heterocycles. The molecule has 0 radical (unpaired) electrons. The first-order valence-electron chi connectivity index (χ1n) is 6.19. The summed E-state index contributed by atoms with van der Waals surface area (Å²) < 4.78 is 2.19. The molecule has 0 atom stereocenters. The molecular weight excluding hydrogens is 220 g/mol. The summed E-state index contributed by atoms with van der Waals surface area (Å²) in [4.78, 5) is 4.46. The Morgan fingerprint density at radius 1 is 0.944 bits per heavy atom. The molecular formula is C16H16N2. The Labute approximate surface area is 107 Å². The van der Waals surface area contributed by atoms with Crippen molar-refractivity contribution >= 4 is 11.0 Å². The Balaban J connectivity index is 1.97. The summed E-state index contributed by atoms with van der Waals surface area (Å²) in [7, 11) is 0. The van der Waals surface area contributed by atoms with E-state index in [-0.39, 0.29) is 0 Å². The molecule has 0 amide bonds. The molecule has 0 fully saturated rings. The number of aryl methyl sites for hydroxylation is 2. The van der Waals surface area contributed by atoms with Gasteiger partial charge in [-0.05, 0) is 37.1 Å². The van der Waals surface area contributed by atoms with Crippen molar-refractivity contribution in [1.82, 2.24) is 9.55 Å². The quantitative estimate of drug-likeness (QED) is 0.663. The zero-order valence-corrected chi connectivity index (χ0v) is 10.7. The van der Waals surface area contributed by atoms with Crippen molar-refractivity contribution < 1.29 is 0 Å². The zero-order chi connectivity index (χ0) is 12.5. The Morgan fingerprint density at radius 3 is 2.44 bits per heavy atom. The SMILES string of the molecule is Cc1ccc(Cn2cnc3cc(C)ccc32)cc1. The van der Waals surface area contributed by atoms with E-state index in [0.29, 0.717) is 0 Å². The lowest BCUT2D eigenvalue weighted by Crippen LogP contribution is -1.97. The number of hydrogen-bond acceptors (Lipinski definition) is 1. The molecule has 2 nitrogen and oxygen atoms in total. The van der Waals surface area contributed by atoms with Crippen LogP contribution in [0.4, 0.5) is 0 Å². The summed E-state index contributed by atoms with van der Waals surface area (Å²) in [6.45, 7) is 5.08. The van der Waals surface area contributed by atoms with Crippen LogP contribution in [-0.2, 0) is 6.54 Å². The molecule has 0 spiro atoms. The third kappa shape index (κ3) is 2.02. The third-order valence-corrected chi connectivity index (χ3v) is 3.25. The van der Waals surface area contributed by atoms with Crippen LogP contribution < -0.4 is 0 Å². The monoisotopic (exact) mass is 236 g/mol. The van der Waals surface area contributed by atoms with Crippen molar-refractivity contribution in [1.29, 1.82) is 0 Å². The molecule has 0 aliphatic rings. The van der Waals surface area contributed by atoms with Crippen LogP contribution in [0, 0.1) is 13.8 Å². The van der Waals surface area contributed by atoms with Crippen LogP contribution in [0.2, 0.25) is 0 Å². The third-order valence-electron chi connectivity index (χ3n) is 3.25. The van der Waals surface area contributed by atoms with Gasteiger partial charge >= 0.3 is 0 Å². The highest BCUT2D eigenvalue weighted by molar-refractivity contribution is 5.76. The van der Waals surface area contributed by atoms with Crippen molar-refractivity contribution in [2.75, 3.05) is 0 Å². The maximum atomic E-state index is 4.46. The van der Waals surface area contributed by atoms with Crippen LogP contribution in [0.15, 0.2) is 48.8 Å². The van der Waals surface area contributed by atoms with E-state index >= 15 is 0 Å². The molecule has 0 aliphatic heterocycles. The molecule has 0 unspecified atom stereocenters. The van der Waals surface area contributed by atoms with Crippen molar-refractivity contribution in [3.8, 4) is 0 Å². The predicted octanol–water partition coefficient (Wildman–Crippen LogP) is 3.70. The number of nitrogens with zero attached hydrogens (tertiary/aromatic N) is 2. The first-order valence-corrected chi connectivity index (χ1v) is 6.19. The van der Waals surface area contributed by atoms with Crippen LogP contribution in [0.3, 0.4) is 0 Å². The molecule has 18 heavy (non-hydrogen) atoms. The molecule has 2 aromatic carbocycles. The molecule has 0 N–H and O–H groups in total. The fraction of sp³-hybridized carbons (Fsp3) is 0.188. The molecule has 0 bridgehead atoms. The molecule has 0 aliphatic carbocycles. The molecule has 0 saturated carbocycles.